The summed E-state index contributed by atoms with van der Waals surface area (Å²) < 4.78 is 42.1. The fourth-order valence-corrected chi connectivity index (χ4v) is 2.04. The number of methoxy groups -OCH3 is 2. The molecule has 2 rings (SSSR count). The zero-order valence-corrected chi connectivity index (χ0v) is 15.3. The van der Waals surface area contributed by atoms with Crippen LogP contribution in [-0.2, 0) is 17.9 Å². The lowest BCUT2D eigenvalue weighted by atomic mass is 10.2. The predicted octanol–water partition coefficient (Wildman–Crippen LogP) is 2.40. The van der Waals surface area contributed by atoms with Gasteiger partial charge in [-0.05, 0) is 26.1 Å². The largest absolute Gasteiger partial charge is 0.490 e. The Morgan fingerprint density at radius 3 is 2.33 bits per heavy atom. The Morgan fingerprint density at radius 2 is 1.89 bits per heavy atom. The SMILES string of the molecule is COc1ccc(CN(C)Cc2cc(C)[nH]n2)c(OC)n1.O=C(O)C(F)(F)F. The van der Waals surface area contributed by atoms with Gasteiger partial charge in [-0.3, -0.25) is 10.00 Å². The second kappa shape index (κ2) is 9.76. The van der Waals surface area contributed by atoms with Crippen LogP contribution in [0, 0.1) is 6.92 Å². The number of hydrogen-bond acceptors (Lipinski definition) is 6. The molecular formula is C16H21F3N4O4. The summed E-state index contributed by atoms with van der Waals surface area (Å²) in [6, 6.07) is 5.85. The minimum Gasteiger partial charge on any atom is -0.481 e. The maximum absolute atomic E-state index is 10.6. The third kappa shape index (κ3) is 7.52. The highest BCUT2D eigenvalue weighted by molar-refractivity contribution is 5.73. The standard InChI is InChI=1S/C14H20N4O2.C2HF3O2/c1-10-7-12(17-16-10)9-18(2)8-11-5-6-13(19-3)15-14(11)20-4;3-2(4,5)1(6)7/h5-7H,8-9H2,1-4H3,(H,16,17);(H,6,7). The van der Waals surface area contributed by atoms with Crippen LogP contribution in [0.2, 0.25) is 0 Å². The molecule has 2 aromatic heterocycles. The van der Waals surface area contributed by atoms with Crippen LogP contribution in [0.5, 0.6) is 11.8 Å². The molecule has 0 saturated carbocycles. The van der Waals surface area contributed by atoms with E-state index in [1.807, 2.05) is 32.2 Å². The molecule has 0 aromatic carbocycles. The molecule has 11 heteroatoms. The van der Waals surface area contributed by atoms with Gasteiger partial charge in [0.05, 0.1) is 19.9 Å². The number of aromatic amines is 1. The number of alkyl halides is 3. The Labute approximate surface area is 153 Å². The molecule has 27 heavy (non-hydrogen) atoms. The van der Waals surface area contributed by atoms with Crippen molar-refractivity contribution in [3.63, 3.8) is 0 Å². The van der Waals surface area contributed by atoms with Gasteiger partial charge in [-0.15, -0.1) is 0 Å². The molecule has 2 heterocycles. The normalized spacial score (nSPS) is 11.0. The summed E-state index contributed by atoms with van der Waals surface area (Å²) in [5.41, 5.74) is 3.10. The molecule has 0 saturated heterocycles. The molecule has 0 amide bonds. The number of ether oxygens (including phenoxy) is 2. The van der Waals surface area contributed by atoms with Gasteiger partial charge in [0.1, 0.15) is 0 Å². The number of aryl methyl sites for hydroxylation is 1. The van der Waals surface area contributed by atoms with Crippen molar-refractivity contribution >= 4 is 5.97 Å². The van der Waals surface area contributed by atoms with E-state index < -0.39 is 12.1 Å². The van der Waals surface area contributed by atoms with Crippen molar-refractivity contribution in [2.75, 3.05) is 21.3 Å². The Bertz CT molecular complexity index is 750. The molecule has 150 valence electrons. The second-order valence-corrected chi connectivity index (χ2v) is 5.54. The number of carboxylic acid groups (broad SMARTS) is 1. The van der Waals surface area contributed by atoms with E-state index >= 15 is 0 Å². The van der Waals surface area contributed by atoms with E-state index in [-0.39, 0.29) is 0 Å². The molecular weight excluding hydrogens is 369 g/mol. The Balaban J connectivity index is 0.000000445. The quantitative estimate of drug-likeness (QED) is 0.781. The molecule has 0 atom stereocenters. The van der Waals surface area contributed by atoms with Crippen molar-refractivity contribution in [2.24, 2.45) is 0 Å². The van der Waals surface area contributed by atoms with Gasteiger partial charge in [0.25, 0.3) is 0 Å². The van der Waals surface area contributed by atoms with Crippen LogP contribution in [0.25, 0.3) is 0 Å². The van der Waals surface area contributed by atoms with E-state index in [1.165, 1.54) is 0 Å². The van der Waals surface area contributed by atoms with Gasteiger partial charge in [-0.2, -0.15) is 23.3 Å². The van der Waals surface area contributed by atoms with Gasteiger partial charge in [0, 0.05) is 30.4 Å². The lowest BCUT2D eigenvalue weighted by molar-refractivity contribution is -0.192. The Morgan fingerprint density at radius 1 is 1.26 bits per heavy atom. The number of carbonyl (C=O) groups is 1. The summed E-state index contributed by atoms with van der Waals surface area (Å²) in [4.78, 5) is 15.3. The van der Waals surface area contributed by atoms with Crippen LogP contribution in [0.1, 0.15) is 17.0 Å². The number of carboxylic acids is 1. The molecule has 0 radical (unpaired) electrons. The number of halogens is 3. The summed E-state index contributed by atoms with van der Waals surface area (Å²) in [5, 5.41) is 14.3. The number of rotatable bonds is 6. The molecule has 0 bridgehead atoms. The maximum atomic E-state index is 10.6. The summed E-state index contributed by atoms with van der Waals surface area (Å²) in [6.07, 6.45) is -5.08. The van der Waals surface area contributed by atoms with Crippen LogP contribution >= 0.6 is 0 Å². The van der Waals surface area contributed by atoms with E-state index in [9.17, 15) is 13.2 Å². The molecule has 8 nitrogen and oxygen atoms in total. The third-order valence-corrected chi connectivity index (χ3v) is 3.19. The Hall–Kier alpha value is -2.82. The van der Waals surface area contributed by atoms with Gasteiger partial charge in [0.2, 0.25) is 11.8 Å². The fourth-order valence-electron chi connectivity index (χ4n) is 2.04. The minimum absolute atomic E-state index is 0.552. The first-order chi connectivity index (χ1) is 12.6. The van der Waals surface area contributed by atoms with Crippen molar-refractivity contribution in [1.82, 2.24) is 20.1 Å². The lowest BCUT2D eigenvalue weighted by Crippen LogP contribution is -2.21. The zero-order valence-electron chi connectivity index (χ0n) is 15.3. The topological polar surface area (TPSA) is 101 Å². The first-order valence-electron chi connectivity index (χ1n) is 7.64. The van der Waals surface area contributed by atoms with Gasteiger partial charge in [-0.1, -0.05) is 0 Å². The van der Waals surface area contributed by atoms with Gasteiger partial charge >= 0.3 is 12.1 Å². The molecule has 0 aliphatic heterocycles. The first-order valence-corrected chi connectivity index (χ1v) is 7.64. The van der Waals surface area contributed by atoms with Crippen molar-refractivity contribution in [3.8, 4) is 11.8 Å². The number of pyridine rings is 1. The van der Waals surface area contributed by atoms with E-state index in [0.29, 0.717) is 11.8 Å². The Kier molecular flexibility index (Phi) is 8.03. The molecule has 0 aliphatic rings. The van der Waals surface area contributed by atoms with E-state index in [4.69, 9.17) is 19.4 Å². The molecule has 2 aromatic rings. The average molecular weight is 390 g/mol. The highest BCUT2D eigenvalue weighted by Gasteiger charge is 2.38. The number of aliphatic carboxylic acids is 1. The minimum atomic E-state index is -5.08. The smallest absolute Gasteiger partial charge is 0.481 e. The van der Waals surface area contributed by atoms with Gasteiger partial charge in [-0.25, -0.2) is 4.79 Å². The van der Waals surface area contributed by atoms with Crippen LogP contribution in [0.3, 0.4) is 0 Å². The third-order valence-electron chi connectivity index (χ3n) is 3.19. The van der Waals surface area contributed by atoms with E-state index in [1.54, 1.807) is 14.2 Å². The molecule has 2 N–H and O–H groups in total. The number of H-pyrrole nitrogens is 1. The summed E-state index contributed by atoms with van der Waals surface area (Å²) in [7, 11) is 5.24. The zero-order chi connectivity index (χ0) is 20.6. The summed E-state index contributed by atoms with van der Waals surface area (Å²) in [6.45, 7) is 3.48. The van der Waals surface area contributed by atoms with E-state index in [0.717, 1.165) is 30.0 Å². The number of aromatic nitrogens is 3. The van der Waals surface area contributed by atoms with Crippen molar-refractivity contribution < 1.29 is 32.5 Å². The van der Waals surface area contributed by atoms with Gasteiger partial charge < -0.3 is 14.6 Å². The lowest BCUT2D eigenvalue weighted by Gasteiger charge is -2.17. The molecule has 0 spiro atoms. The van der Waals surface area contributed by atoms with Crippen LogP contribution in [0.4, 0.5) is 13.2 Å². The highest BCUT2D eigenvalue weighted by atomic mass is 19.4. The molecule has 0 aliphatic carbocycles. The fraction of sp³-hybridized carbons (Fsp3) is 0.438. The van der Waals surface area contributed by atoms with Crippen molar-refractivity contribution in [2.45, 2.75) is 26.2 Å². The summed E-state index contributed by atoms with van der Waals surface area (Å²) >= 11 is 0. The number of hydrogen-bond donors (Lipinski definition) is 2. The van der Waals surface area contributed by atoms with Crippen LogP contribution in [0.15, 0.2) is 18.2 Å². The monoisotopic (exact) mass is 390 g/mol. The number of nitrogens with zero attached hydrogens (tertiary/aromatic N) is 3. The maximum Gasteiger partial charge on any atom is 0.490 e. The van der Waals surface area contributed by atoms with Gasteiger partial charge in [0.15, 0.2) is 0 Å². The second-order valence-electron chi connectivity index (χ2n) is 5.54. The summed E-state index contributed by atoms with van der Waals surface area (Å²) in [5.74, 6) is -1.61. The van der Waals surface area contributed by atoms with E-state index in [2.05, 4.69) is 20.1 Å². The van der Waals surface area contributed by atoms with Crippen LogP contribution in [-0.4, -0.2) is 58.6 Å². The average Bonchev–Trinajstić information content (AvgIpc) is 2.99. The highest BCUT2D eigenvalue weighted by Crippen LogP contribution is 2.21. The molecule has 0 fully saturated rings. The first kappa shape index (κ1) is 22.2. The van der Waals surface area contributed by atoms with Crippen LogP contribution < -0.4 is 9.47 Å². The van der Waals surface area contributed by atoms with Crippen molar-refractivity contribution in [3.05, 3.63) is 35.2 Å². The number of nitrogens with one attached hydrogen (secondary N) is 1. The predicted molar refractivity (Wildman–Crippen MR) is 89.5 cm³/mol. The molecule has 0 unspecified atom stereocenters. The van der Waals surface area contributed by atoms with Crippen molar-refractivity contribution in [1.29, 1.82) is 0 Å².